The number of benzene rings is 1. The molecule has 3 aromatic rings. The molecule has 10 heteroatoms. The zero-order valence-electron chi connectivity index (χ0n) is 18.6. The fraction of sp³-hybridized carbons (Fsp3) is 0.455. The largest absolute Gasteiger partial charge is 0.380 e. The molecule has 0 aliphatic heterocycles. The van der Waals surface area contributed by atoms with Crippen LogP contribution in [0.5, 0.6) is 0 Å². The Kier molecular flexibility index (Phi) is 8.81. The van der Waals surface area contributed by atoms with Gasteiger partial charge in [0.25, 0.3) is 0 Å². The van der Waals surface area contributed by atoms with E-state index < -0.39 is 0 Å². The van der Waals surface area contributed by atoms with Crippen molar-refractivity contribution in [2.75, 3.05) is 31.6 Å². The van der Waals surface area contributed by atoms with Crippen molar-refractivity contribution in [3.63, 3.8) is 0 Å². The second-order valence-corrected chi connectivity index (χ2v) is 8.95. The quantitative estimate of drug-likeness (QED) is 0.243. The van der Waals surface area contributed by atoms with Crippen LogP contribution in [0.3, 0.4) is 0 Å². The Morgan fingerprint density at radius 2 is 2.00 bits per heavy atom. The molecule has 0 spiro atoms. The molecule has 0 aliphatic rings. The number of hydrogen-bond acceptors (Lipinski definition) is 7. The molecule has 0 fully saturated rings. The molecule has 172 valence electrons. The van der Waals surface area contributed by atoms with Crippen LogP contribution >= 0.6 is 11.8 Å². The van der Waals surface area contributed by atoms with Crippen molar-refractivity contribution in [2.24, 2.45) is 0 Å². The molecule has 0 radical (unpaired) electrons. The van der Waals surface area contributed by atoms with Gasteiger partial charge in [-0.15, -0.1) is 0 Å². The standard InChI is InChI=1S/C22H29FN6O2S/c1-4-31-12-10-25-20-18-14-26-29(21(18)28-22(27-20)32-15(2)3)11-9-24-19(30)13-16-5-7-17(23)8-6-16/h5-8,14-15H,4,9-13H2,1-3H3,(H,24,30)(H,25,27,28). The molecular formula is C22H29FN6O2S. The summed E-state index contributed by atoms with van der Waals surface area (Å²) in [7, 11) is 0. The summed E-state index contributed by atoms with van der Waals surface area (Å²) in [5.41, 5.74) is 1.48. The van der Waals surface area contributed by atoms with Crippen molar-refractivity contribution in [3.05, 3.63) is 41.8 Å². The maximum Gasteiger partial charge on any atom is 0.224 e. The molecule has 32 heavy (non-hydrogen) atoms. The van der Waals surface area contributed by atoms with Gasteiger partial charge in [0, 0.05) is 24.9 Å². The van der Waals surface area contributed by atoms with Gasteiger partial charge in [-0.05, 0) is 24.6 Å². The number of ether oxygens (including phenoxy) is 1. The Labute approximate surface area is 191 Å². The van der Waals surface area contributed by atoms with Crippen molar-refractivity contribution >= 4 is 34.5 Å². The molecule has 8 nitrogen and oxygen atoms in total. The SMILES string of the molecule is CCOCCNc1nc(SC(C)C)nc2c1cnn2CCNC(=O)Cc1ccc(F)cc1. The van der Waals surface area contributed by atoms with E-state index in [-0.39, 0.29) is 18.1 Å². The third kappa shape index (κ3) is 6.89. The van der Waals surface area contributed by atoms with Crippen molar-refractivity contribution in [2.45, 2.75) is 44.1 Å². The van der Waals surface area contributed by atoms with Crippen LogP contribution in [-0.2, 0) is 22.5 Å². The van der Waals surface area contributed by atoms with Crippen molar-refractivity contribution in [3.8, 4) is 0 Å². The molecule has 3 rings (SSSR count). The first-order chi connectivity index (χ1) is 15.5. The summed E-state index contributed by atoms with van der Waals surface area (Å²) in [4.78, 5) is 21.5. The van der Waals surface area contributed by atoms with E-state index in [9.17, 15) is 9.18 Å². The summed E-state index contributed by atoms with van der Waals surface area (Å²) in [6.07, 6.45) is 1.94. The van der Waals surface area contributed by atoms with Gasteiger partial charge in [-0.3, -0.25) is 4.79 Å². The summed E-state index contributed by atoms with van der Waals surface area (Å²) in [5, 5.41) is 12.5. The summed E-state index contributed by atoms with van der Waals surface area (Å²) in [6, 6.07) is 5.93. The lowest BCUT2D eigenvalue weighted by Crippen LogP contribution is -2.28. The summed E-state index contributed by atoms with van der Waals surface area (Å²) >= 11 is 1.58. The van der Waals surface area contributed by atoms with E-state index in [0.717, 1.165) is 22.4 Å². The molecule has 2 aromatic heterocycles. The van der Waals surface area contributed by atoms with E-state index in [1.54, 1.807) is 34.8 Å². The number of nitrogens with zero attached hydrogens (tertiary/aromatic N) is 4. The van der Waals surface area contributed by atoms with Crippen LogP contribution in [0.2, 0.25) is 0 Å². The molecular weight excluding hydrogens is 431 g/mol. The lowest BCUT2D eigenvalue weighted by molar-refractivity contribution is -0.120. The molecule has 1 amide bonds. The Bertz CT molecular complexity index is 1030. The van der Waals surface area contributed by atoms with Gasteiger partial charge in [-0.1, -0.05) is 37.7 Å². The number of fused-ring (bicyclic) bond motifs is 1. The van der Waals surface area contributed by atoms with Crippen LogP contribution in [0.25, 0.3) is 11.0 Å². The number of aromatic nitrogens is 4. The molecule has 0 saturated heterocycles. The van der Waals surface area contributed by atoms with Crippen LogP contribution in [0.4, 0.5) is 10.2 Å². The van der Waals surface area contributed by atoms with E-state index in [1.807, 2.05) is 6.92 Å². The maximum atomic E-state index is 13.0. The number of halogens is 1. The second kappa shape index (κ2) is 11.8. The zero-order valence-corrected chi connectivity index (χ0v) is 19.4. The lowest BCUT2D eigenvalue weighted by atomic mass is 10.1. The molecule has 1 aromatic carbocycles. The van der Waals surface area contributed by atoms with Gasteiger partial charge in [0.15, 0.2) is 10.8 Å². The van der Waals surface area contributed by atoms with E-state index >= 15 is 0 Å². The first-order valence-electron chi connectivity index (χ1n) is 10.7. The number of amides is 1. The Hall–Kier alpha value is -2.72. The Morgan fingerprint density at radius 3 is 2.72 bits per heavy atom. The van der Waals surface area contributed by atoms with Gasteiger partial charge < -0.3 is 15.4 Å². The normalized spacial score (nSPS) is 11.3. The first-order valence-corrected chi connectivity index (χ1v) is 11.6. The first kappa shape index (κ1) is 23.9. The van der Waals surface area contributed by atoms with Gasteiger partial charge >= 0.3 is 0 Å². The van der Waals surface area contributed by atoms with Crippen LogP contribution in [0, 0.1) is 5.82 Å². The van der Waals surface area contributed by atoms with Gasteiger partial charge in [0.2, 0.25) is 5.91 Å². The second-order valence-electron chi connectivity index (χ2n) is 7.40. The molecule has 0 aliphatic carbocycles. The van der Waals surface area contributed by atoms with Crippen molar-refractivity contribution < 1.29 is 13.9 Å². The Morgan fingerprint density at radius 1 is 1.22 bits per heavy atom. The number of nitrogens with one attached hydrogen (secondary N) is 2. The minimum absolute atomic E-state index is 0.128. The predicted octanol–water partition coefficient (Wildman–Crippen LogP) is 3.27. The molecule has 0 bridgehead atoms. The predicted molar refractivity (Wildman–Crippen MR) is 124 cm³/mol. The van der Waals surface area contributed by atoms with Crippen LogP contribution in [0.15, 0.2) is 35.6 Å². The summed E-state index contributed by atoms with van der Waals surface area (Å²) < 4.78 is 20.2. The Balaban J connectivity index is 1.66. The third-order valence-electron chi connectivity index (χ3n) is 4.48. The average Bonchev–Trinajstić information content (AvgIpc) is 3.15. The minimum Gasteiger partial charge on any atom is -0.380 e. The highest BCUT2D eigenvalue weighted by molar-refractivity contribution is 7.99. The number of carbonyl (C=O) groups is 1. The van der Waals surface area contributed by atoms with Crippen LogP contribution < -0.4 is 10.6 Å². The van der Waals surface area contributed by atoms with Crippen LogP contribution in [0.1, 0.15) is 26.3 Å². The van der Waals surface area contributed by atoms with E-state index in [4.69, 9.17) is 4.74 Å². The molecule has 0 saturated carbocycles. The van der Waals surface area contributed by atoms with Crippen molar-refractivity contribution in [1.82, 2.24) is 25.1 Å². The topological polar surface area (TPSA) is 94.0 Å². The number of anilines is 1. The highest BCUT2D eigenvalue weighted by Gasteiger charge is 2.14. The third-order valence-corrected chi connectivity index (χ3v) is 5.35. The minimum atomic E-state index is -0.316. The van der Waals surface area contributed by atoms with Gasteiger partial charge in [0.1, 0.15) is 11.6 Å². The fourth-order valence-corrected chi connectivity index (χ4v) is 3.74. The molecule has 2 N–H and O–H groups in total. The van der Waals surface area contributed by atoms with Crippen LogP contribution in [-0.4, -0.2) is 57.2 Å². The van der Waals surface area contributed by atoms with E-state index in [1.165, 1.54) is 12.1 Å². The zero-order chi connectivity index (χ0) is 22.9. The van der Waals surface area contributed by atoms with Gasteiger partial charge in [-0.2, -0.15) is 5.10 Å². The fourth-order valence-electron chi connectivity index (χ4n) is 3.03. The molecule has 0 unspecified atom stereocenters. The number of rotatable bonds is 12. The summed E-state index contributed by atoms with van der Waals surface area (Å²) in [6.45, 7) is 8.91. The highest BCUT2D eigenvalue weighted by Crippen LogP contribution is 2.26. The lowest BCUT2D eigenvalue weighted by Gasteiger charge is -2.11. The number of hydrogen-bond donors (Lipinski definition) is 2. The van der Waals surface area contributed by atoms with E-state index in [2.05, 4.69) is 39.5 Å². The van der Waals surface area contributed by atoms with Gasteiger partial charge in [0.05, 0.1) is 31.2 Å². The number of thioether (sulfide) groups is 1. The van der Waals surface area contributed by atoms with Crippen molar-refractivity contribution in [1.29, 1.82) is 0 Å². The molecule has 0 atom stereocenters. The molecule has 2 heterocycles. The van der Waals surface area contributed by atoms with E-state index in [0.29, 0.717) is 43.3 Å². The smallest absolute Gasteiger partial charge is 0.224 e. The number of carbonyl (C=O) groups excluding carboxylic acids is 1. The summed E-state index contributed by atoms with van der Waals surface area (Å²) in [5.74, 6) is 0.282. The maximum absolute atomic E-state index is 13.0. The van der Waals surface area contributed by atoms with Gasteiger partial charge in [-0.25, -0.2) is 19.0 Å². The highest BCUT2D eigenvalue weighted by atomic mass is 32.2. The monoisotopic (exact) mass is 460 g/mol. The average molecular weight is 461 g/mol.